The molecule has 8 heteroatoms. The normalized spacial score (nSPS) is 11.4. The number of nitrogens with zero attached hydrogens (tertiary/aromatic N) is 2. The van der Waals surface area contributed by atoms with Gasteiger partial charge in [-0.1, -0.05) is 59.9 Å². The predicted molar refractivity (Wildman–Crippen MR) is 136 cm³/mol. The van der Waals surface area contributed by atoms with Gasteiger partial charge in [0.25, 0.3) is 0 Å². The Morgan fingerprint density at radius 1 is 1.00 bits per heavy atom. The molecule has 1 aromatic heterocycles. The molecule has 0 spiro atoms. The van der Waals surface area contributed by atoms with Crippen molar-refractivity contribution in [3.63, 3.8) is 0 Å². The summed E-state index contributed by atoms with van der Waals surface area (Å²) >= 11 is 1.42. The lowest BCUT2D eigenvalue weighted by Crippen LogP contribution is -2.30. The van der Waals surface area contributed by atoms with Crippen LogP contribution in [0.1, 0.15) is 25.3 Å². The number of hydrogen-bond donors (Lipinski definition) is 0. The predicted octanol–water partition coefficient (Wildman–Crippen LogP) is 5.48. The van der Waals surface area contributed by atoms with Crippen LogP contribution in [0.15, 0.2) is 83.8 Å². The van der Waals surface area contributed by atoms with Gasteiger partial charge in [-0.2, -0.15) is 0 Å². The van der Waals surface area contributed by atoms with Gasteiger partial charge >= 0.3 is 0 Å². The van der Waals surface area contributed by atoms with E-state index in [4.69, 9.17) is 4.74 Å². The van der Waals surface area contributed by atoms with Crippen molar-refractivity contribution in [1.29, 1.82) is 0 Å². The highest BCUT2D eigenvalue weighted by molar-refractivity contribution is 7.91. The maximum Gasteiger partial charge on any atom is 0.229 e. The van der Waals surface area contributed by atoms with Gasteiger partial charge in [0.1, 0.15) is 5.75 Å². The maximum atomic E-state index is 13.3. The Morgan fingerprint density at radius 2 is 1.71 bits per heavy atom. The number of anilines is 1. The molecule has 6 nitrogen and oxygen atoms in total. The van der Waals surface area contributed by atoms with Crippen molar-refractivity contribution < 1.29 is 17.9 Å². The molecule has 0 unspecified atom stereocenters. The zero-order valence-electron chi connectivity index (χ0n) is 18.9. The number of ether oxygens (including phenoxy) is 1. The van der Waals surface area contributed by atoms with Crippen molar-refractivity contribution in [2.75, 3.05) is 17.3 Å². The second kappa shape index (κ2) is 10.8. The average molecular weight is 495 g/mol. The molecule has 1 heterocycles. The molecule has 0 aliphatic heterocycles. The minimum atomic E-state index is -3.43. The minimum Gasteiger partial charge on any atom is -0.494 e. The largest absolute Gasteiger partial charge is 0.494 e. The summed E-state index contributed by atoms with van der Waals surface area (Å²) in [5.41, 5.74) is 1.77. The van der Waals surface area contributed by atoms with Crippen LogP contribution in [-0.2, 0) is 21.2 Å². The number of amides is 1. The van der Waals surface area contributed by atoms with E-state index in [9.17, 15) is 13.2 Å². The van der Waals surface area contributed by atoms with E-state index >= 15 is 0 Å². The van der Waals surface area contributed by atoms with Crippen molar-refractivity contribution in [2.45, 2.75) is 31.2 Å². The smallest absolute Gasteiger partial charge is 0.229 e. The van der Waals surface area contributed by atoms with E-state index < -0.39 is 9.84 Å². The van der Waals surface area contributed by atoms with Crippen LogP contribution in [0, 0.1) is 0 Å². The first-order valence-corrected chi connectivity index (χ1v) is 13.6. The summed E-state index contributed by atoms with van der Waals surface area (Å²) < 4.78 is 31.7. The fourth-order valence-corrected chi connectivity index (χ4v) is 5.93. The Kier molecular flexibility index (Phi) is 7.59. The molecule has 0 saturated carbocycles. The molecule has 0 aliphatic carbocycles. The first kappa shape index (κ1) is 23.9. The standard InChI is InChI=1S/C26H26N2O4S2/c1-2-32-21-15-16-23-24(18-21)33-26(27-23)28(19-20-10-5-3-6-11-20)25(29)14-9-17-34(30,31)22-12-7-4-8-13-22/h3-8,10-13,15-16,18H,2,9,14,17,19H2,1H3. The van der Waals surface area contributed by atoms with Crippen LogP contribution < -0.4 is 9.64 Å². The van der Waals surface area contributed by atoms with Gasteiger partial charge in [-0.05, 0) is 49.2 Å². The van der Waals surface area contributed by atoms with Crippen molar-refractivity contribution in [1.82, 2.24) is 4.98 Å². The Morgan fingerprint density at radius 3 is 2.41 bits per heavy atom. The number of carbonyl (C=O) groups excluding carboxylic acids is 1. The highest BCUT2D eigenvalue weighted by Crippen LogP contribution is 2.33. The van der Waals surface area contributed by atoms with Crippen LogP contribution in [0.25, 0.3) is 10.2 Å². The van der Waals surface area contributed by atoms with Crippen molar-refractivity contribution >= 4 is 42.4 Å². The van der Waals surface area contributed by atoms with E-state index in [0.29, 0.717) is 18.3 Å². The molecular weight excluding hydrogens is 468 g/mol. The number of fused-ring (bicyclic) bond motifs is 1. The van der Waals surface area contributed by atoms with Crippen LogP contribution in [0.5, 0.6) is 5.75 Å². The number of carbonyl (C=O) groups is 1. The molecule has 1 amide bonds. The van der Waals surface area contributed by atoms with Crippen LogP contribution in [0.2, 0.25) is 0 Å². The van der Waals surface area contributed by atoms with E-state index in [-0.39, 0.29) is 29.4 Å². The molecule has 3 aromatic carbocycles. The van der Waals surface area contributed by atoms with Gasteiger partial charge in [0.2, 0.25) is 5.91 Å². The summed E-state index contributed by atoms with van der Waals surface area (Å²) in [6.07, 6.45) is 0.347. The monoisotopic (exact) mass is 494 g/mol. The maximum absolute atomic E-state index is 13.3. The Bertz CT molecular complexity index is 1350. The lowest BCUT2D eigenvalue weighted by atomic mass is 10.2. The number of thiazole rings is 1. The highest BCUT2D eigenvalue weighted by Gasteiger charge is 2.22. The molecule has 0 radical (unpaired) electrons. The molecule has 4 rings (SSSR count). The quantitative estimate of drug-likeness (QED) is 0.292. The van der Waals surface area contributed by atoms with Crippen LogP contribution in [-0.4, -0.2) is 31.7 Å². The third-order valence-electron chi connectivity index (χ3n) is 5.28. The Labute approximate surface area is 203 Å². The van der Waals surface area contributed by atoms with Gasteiger partial charge in [-0.15, -0.1) is 0 Å². The fourth-order valence-electron chi connectivity index (χ4n) is 3.59. The molecule has 4 aromatic rings. The topological polar surface area (TPSA) is 76.6 Å². The first-order valence-electron chi connectivity index (χ1n) is 11.1. The molecule has 0 fully saturated rings. The van der Waals surface area contributed by atoms with Gasteiger partial charge in [0.15, 0.2) is 15.0 Å². The van der Waals surface area contributed by atoms with Crippen LogP contribution in [0.4, 0.5) is 5.13 Å². The number of hydrogen-bond acceptors (Lipinski definition) is 6. The summed E-state index contributed by atoms with van der Waals surface area (Å²) in [4.78, 5) is 19.9. The first-order chi connectivity index (χ1) is 16.5. The lowest BCUT2D eigenvalue weighted by Gasteiger charge is -2.20. The Hall–Kier alpha value is -3.23. The summed E-state index contributed by atoms with van der Waals surface area (Å²) in [6.45, 7) is 2.87. The third kappa shape index (κ3) is 5.81. The van der Waals surface area contributed by atoms with E-state index in [1.165, 1.54) is 11.3 Å². The van der Waals surface area contributed by atoms with Crippen LogP contribution >= 0.6 is 11.3 Å². The summed E-state index contributed by atoms with van der Waals surface area (Å²) in [5.74, 6) is 0.521. The third-order valence-corrected chi connectivity index (χ3v) is 8.14. The Balaban J connectivity index is 1.53. The SMILES string of the molecule is CCOc1ccc2nc(N(Cc3ccccc3)C(=O)CCCS(=O)(=O)c3ccccc3)sc2c1. The summed E-state index contributed by atoms with van der Waals surface area (Å²) in [5, 5.41) is 0.586. The summed E-state index contributed by atoms with van der Waals surface area (Å²) in [6, 6.07) is 23.7. The highest BCUT2D eigenvalue weighted by atomic mass is 32.2. The van der Waals surface area contributed by atoms with Gasteiger partial charge in [0.05, 0.1) is 34.0 Å². The van der Waals surface area contributed by atoms with E-state index in [1.54, 1.807) is 35.2 Å². The fraction of sp³-hybridized carbons (Fsp3) is 0.231. The zero-order chi connectivity index (χ0) is 24.0. The number of benzene rings is 3. The second-order valence-electron chi connectivity index (χ2n) is 7.76. The second-order valence-corrected chi connectivity index (χ2v) is 10.9. The van der Waals surface area contributed by atoms with Crippen LogP contribution in [0.3, 0.4) is 0 Å². The molecule has 0 bridgehead atoms. The number of rotatable bonds is 10. The van der Waals surface area contributed by atoms with Crippen molar-refractivity contribution in [3.05, 3.63) is 84.4 Å². The molecule has 176 valence electrons. The molecular formula is C26H26N2O4S2. The number of aromatic nitrogens is 1. The number of sulfone groups is 1. The van der Waals surface area contributed by atoms with Gasteiger partial charge in [-0.3, -0.25) is 9.69 Å². The van der Waals surface area contributed by atoms with E-state index in [0.717, 1.165) is 21.5 Å². The molecule has 0 atom stereocenters. The molecule has 0 saturated heterocycles. The van der Waals surface area contributed by atoms with Gasteiger partial charge in [0, 0.05) is 6.42 Å². The van der Waals surface area contributed by atoms with E-state index in [1.807, 2.05) is 55.5 Å². The minimum absolute atomic E-state index is 0.0838. The molecule has 34 heavy (non-hydrogen) atoms. The summed E-state index contributed by atoms with van der Waals surface area (Å²) in [7, 11) is -3.43. The van der Waals surface area contributed by atoms with Crippen molar-refractivity contribution in [2.24, 2.45) is 0 Å². The van der Waals surface area contributed by atoms with Crippen molar-refractivity contribution in [3.8, 4) is 5.75 Å². The van der Waals surface area contributed by atoms with Gasteiger partial charge in [-0.25, -0.2) is 13.4 Å². The van der Waals surface area contributed by atoms with Gasteiger partial charge < -0.3 is 4.74 Å². The molecule has 0 aliphatic rings. The molecule has 0 N–H and O–H groups in total. The lowest BCUT2D eigenvalue weighted by molar-refractivity contribution is -0.118. The zero-order valence-corrected chi connectivity index (χ0v) is 20.5. The van der Waals surface area contributed by atoms with E-state index in [2.05, 4.69) is 4.98 Å². The average Bonchev–Trinajstić information content (AvgIpc) is 3.27.